The van der Waals surface area contributed by atoms with Gasteiger partial charge in [0.15, 0.2) is 0 Å². The van der Waals surface area contributed by atoms with Crippen LogP contribution in [0.15, 0.2) is 12.2 Å². The van der Waals surface area contributed by atoms with E-state index in [1.165, 1.54) is 0 Å². The smallest absolute Gasteiger partial charge is 0.307 e. The second kappa shape index (κ2) is 5.50. The second-order valence-corrected chi connectivity index (χ2v) is 3.39. The summed E-state index contributed by atoms with van der Waals surface area (Å²) in [6.45, 7) is 2.11. The lowest BCUT2D eigenvalue weighted by Gasteiger charge is -2.23. The van der Waals surface area contributed by atoms with Crippen LogP contribution in [0.1, 0.15) is 19.8 Å². The summed E-state index contributed by atoms with van der Waals surface area (Å²) in [5.41, 5.74) is 2.25. The molecule has 0 saturated heterocycles. The van der Waals surface area contributed by atoms with Crippen molar-refractivity contribution in [1.82, 2.24) is 5.48 Å². The average molecular weight is 213 g/mol. The molecule has 1 aliphatic carbocycles. The van der Waals surface area contributed by atoms with Crippen LogP contribution in [0.3, 0.4) is 0 Å². The van der Waals surface area contributed by atoms with Crippen molar-refractivity contribution in [1.29, 1.82) is 0 Å². The molecule has 0 spiro atoms. The first kappa shape index (κ1) is 11.7. The van der Waals surface area contributed by atoms with Gasteiger partial charge in [-0.1, -0.05) is 12.2 Å². The van der Waals surface area contributed by atoms with E-state index in [1.807, 2.05) is 6.08 Å². The van der Waals surface area contributed by atoms with E-state index in [0.29, 0.717) is 19.4 Å². The Morgan fingerprint density at radius 3 is 2.53 bits per heavy atom. The molecule has 2 N–H and O–H groups in total. The monoisotopic (exact) mass is 213 g/mol. The standard InChI is InChI=1S/C10H15NO4/c1-2-15-11-9(12)7-5-3-4-6-8(7)10(13)14/h3-4,7-8H,2,5-6H2,1H3,(H,11,12)(H,13,14)/t7-,8+/m1/s1. The lowest BCUT2D eigenvalue weighted by Crippen LogP contribution is -2.38. The van der Waals surface area contributed by atoms with Gasteiger partial charge in [0.25, 0.3) is 0 Å². The van der Waals surface area contributed by atoms with Gasteiger partial charge in [-0.2, -0.15) is 0 Å². The number of allylic oxidation sites excluding steroid dienone is 2. The second-order valence-electron chi connectivity index (χ2n) is 3.39. The van der Waals surface area contributed by atoms with Crippen LogP contribution in [-0.4, -0.2) is 23.6 Å². The third-order valence-electron chi connectivity index (χ3n) is 2.40. The molecular weight excluding hydrogens is 198 g/mol. The molecule has 84 valence electrons. The quantitative estimate of drug-likeness (QED) is 0.533. The summed E-state index contributed by atoms with van der Waals surface area (Å²) in [6.07, 6.45) is 4.48. The maximum atomic E-state index is 11.5. The molecule has 0 aromatic rings. The van der Waals surface area contributed by atoms with Crippen LogP contribution < -0.4 is 5.48 Å². The summed E-state index contributed by atoms with van der Waals surface area (Å²) in [4.78, 5) is 27.2. The fourth-order valence-corrected chi connectivity index (χ4v) is 1.60. The fourth-order valence-electron chi connectivity index (χ4n) is 1.60. The molecule has 1 amide bonds. The Bertz CT molecular complexity index is 275. The first-order chi connectivity index (χ1) is 7.16. The lowest BCUT2D eigenvalue weighted by molar-refractivity contribution is -0.151. The zero-order valence-corrected chi connectivity index (χ0v) is 8.60. The van der Waals surface area contributed by atoms with E-state index in [-0.39, 0.29) is 5.91 Å². The van der Waals surface area contributed by atoms with Gasteiger partial charge in [0.05, 0.1) is 18.4 Å². The van der Waals surface area contributed by atoms with Crippen molar-refractivity contribution in [3.63, 3.8) is 0 Å². The number of nitrogens with one attached hydrogen (secondary N) is 1. The molecule has 5 nitrogen and oxygen atoms in total. The van der Waals surface area contributed by atoms with Gasteiger partial charge >= 0.3 is 5.97 Å². The summed E-state index contributed by atoms with van der Waals surface area (Å²) in [5.74, 6) is -2.46. The predicted octanol–water partition coefficient (Wildman–Crippen LogP) is 0.721. The Labute approximate surface area is 88.1 Å². The molecule has 0 unspecified atom stereocenters. The van der Waals surface area contributed by atoms with Crippen LogP contribution in [0.2, 0.25) is 0 Å². The van der Waals surface area contributed by atoms with Gasteiger partial charge in [-0.05, 0) is 19.8 Å². The number of amides is 1. The highest BCUT2D eigenvalue weighted by Crippen LogP contribution is 2.25. The highest BCUT2D eigenvalue weighted by atomic mass is 16.6. The third kappa shape index (κ3) is 3.06. The van der Waals surface area contributed by atoms with E-state index in [9.17, 15) is 9.59 Å². The summed E-state index contributed by atoms with van der Waals surface area (Å²) >= 11 is 0. The Morgan fingerprint density at radius 2 is 2.00 bits per heavy atom. The molecule has 0 fully saturated rings. The molecule has 0 bridgehead atoms. The number of rotatable bonds is 4. The van der Waals surface area contributed by atoms with Crippen LogP contribution in [0, 0.1) is 11.8 Å². The third-order valence-corrected chi connectivity index (χ3v) is 2.40. The zero-order chi connectivity index (χ0) is 11.3. The molecule has 0 aromatic heterocycles. The summed E-state index contributed by atoms with van der Waals surface area (Å²) in [6, 6.07) is 0. The molecular formula is C10H15NO4. The van der Waals surface area contributed by atoms with E-state index in [4.69, 9.17) is 9.94 Å². The molecule has 0 heterocycles. The van der Waals surface area contributed by atoms with Gasteiger partial charge in [-0.15, -0.1) is 0 Å². The maximum Gasteiger partial charge on any atom is 0.307 e. The number of hydroxylamine groups is 1. The Balaban J connectivity index is 2.60. The van der Waals surface area contributed by atoms with E-state index in [1.54, 1.807) is 13.0 Å². The van der Waals surface area contributed by atoms with Crippen molar-refractivity contribution >= 4 is 11.9 Å². The summed E-state index contributed by atoms with van der Waals surface area (Å²) < 4.78 is 0. The van der Waals surface area contributed by atoms with E-state index in [2.05, 4.69) is 5.48 Å². The number of carbonyl (C=O) groups is 2. The van der Waals surface area contributed by atoms with Crippen molar-refractivity contribution < 1.29 is 19.5 Å². The van der Waals surface area contributed by atoms with Crippen LogP contribution in [0.4, 0.5) is 0 Å². The van der Waals surface area contributed by atoms with E-state index >= 15 is 0 Å². The van der Waals surface area contributed by atoms with Gasteiger partial charge < -0.3 is 5.11 Å². The summed E-state index contributed by atoms with van der Waals surface area (Å²) in [7, 11) is 0. The number of hydrogen-bond acceptors (Lipinski definition) is 3. The fraction of sp³-hybridized carbons (Fsp3) is 0.600. The normalized spacial score (nSPS) is 24.9. The number of hydrogen-bond donors (Lipinski definition) is 2. The molecule has 5 heteroatoms. The van der Waals surface area contributed by atoms with Gasteiger partial charge in [-0.3, -0.25) is 14.4 Å². The number of aliphatic carboxylic acids is 1. The van der Waals surface area contributed by atoms with Crippen LogP contribution in [0.25, 0.3) is 0 Å². The molecule has 15 heavy (non-hydrogen) atoms. The van der Waals surface area contributed by atoms with Crippen molar-refractivity contribution in [3.05, 3.63) is 12.2 Å². The van der Waals surface area contributed by atoms with Gasteiger partial charge in [0.2, 0.25) is 5.91 Å². The van der Waals surface area contributed by atoms with E-state index < -0.39 is 17.8 Å². The maximum absolute atomic E-state index is 11.5. The predicted molar refractivity (Wildman–Crippen MR) is 52.8 cm³/mol. The SMILES string of the molecule is CCONC(=O)[C@@H]1CC=CC[C@@H]1C(=O)O. The first-order valence-corrected chi connectivity index (χ1v) is 4.96. The van der Waals surface area contributed by atoms with Gasteiger partial charge in [0, 0.05) is 0 Å². The van der Waals surface area contributed by atoms with Gasteiger partial charge in [0.1, 0.15) is 0 Å². The molecule has 0 radical (unpaired) electrons. The van der Waals surface area contributed by atoms with Crippen molar-refractivity contribution in [3.8, 4) is 0 Å². The van der Waals surface area contributed by atoms with E-state index in [0.717, 1.165) is 0 Å². The van der Waals surface area contributed by atoms with Gasteiger partial charge in [-0.25, -0.2) is 5.48 Å². The minimum Gasteiger partial charge on any atom is -0.481 e. The molecule has 0 aromatic carbocycles. The largest absolute Gasteiger partial charge is 0.481 e. The average Bonchev–Trinajstić information content (AvgIpc) is 2.25. The lowest BCUT2D eigenvalue weighted by atomic mass is 9.82. The van der Waals surface area contributed by atoms with Crippen molar-refractivity contribution in [2.24, 2.45) is 11.8 Å². The molecule has 0 aliphatic heterocycles. The first-order valence-electron chi connectivity index (χ1n) is 4.96. The molecule has 1 rings (SSSR count). The van der Waals surface area contributed by atoms with Crippen LogP contribution >= 0.6 is 0 Å². The number of carboxylic acids is 1. The number of carboxylic acid groups (broad SMARTS) is 1. The Hall–Kier alpha value is -1.36. The minimum absolute atomic E-state index is 0.353. The van der Waals surface area contributed by atoms with Crippen LogP contribution in [-0.2, 0) is 14.4 Å². The Kier molecular flexibility index (Phi) is 4.30. The Morgan fingerprint density at radius 1 is 1.40 bits per heavy atom. The summed E-state index contributed by atoms with van der Waals surface area (Å²) in [5, 5.41) is 8.93. The highest BCUT2D eigenvalue weighted by Gasteiger charge is 2.33. The molecule has 0 saturated carbocycles. The zero-order valence-electron chi connectivity index (χ0n) is 8.60. The van der Waals surface area contributed by atoms with Crippen molar-refractivity contribution in [2.75, 3.05) is 6.61 Å². The molecule has 1 aliphatic rings. The molecule has 2 atom stereocenters. The minimum atomic E-state index is -0.934. The van der Waals surface area contributed by atoms with Crippen LogP contribution in [0.5, 0.6) is 0 Å². The topological polar surface area (TPSA) is 75.6 Å². The highest BCUT2D eigenvalue weighted by molar-refractivity contribution is 5.84. The van der Waals surface area contributed by atoms with Crippen molar-refractivity contribution in [2.45, 2.75) is 19.8 Å². The number of carbonyl (C=O) groups excluding carboxylic acids is 1.